The van der Waals surface area contributed by atoms with Crippen LogP contribution in [-0.4, -0.2) is 9.13 Å². The van der Waals surface area contributed by atoms with Crippen molar-refractivity contribution in [1.82, 2.24) is 9.13 Å². The summed E-state index contributed by atoms with van der Waals surface area (Å²) in [6.45, 7) is 9.30. The predicted molar refractivity (Wildman–Crippen MR) is 343 cm³/mol. The third kappa shape index (κ3) is 6.14. The Balaban J connectivity index is 1.04. The van der Waals surface area contributed by atoms with E-state index in [-0.39, 0.29) is 0 Å². The van der Waals surface area contributed by atoms with E-state index in [4.69, 9.17) is 8.83 Å². The first-order chi connectivity index (χ1) is 40.6. The van der Waals surface area contributed by atoms with Crippen LogP contribution >= 0.6 is 22.7 Å². The number of furan rings is 2. The van der Waals surface area contributed by atoms with Gasteiger partial charge >= 0.3 is 0 Å². The summed E-state index contributed by atoms with van der Waals surface area (Å²) in [4.78, 5) is 4.49. The van der Waals surface area contributed by atoms with Crippen molar-refractivity contribution in [3.8, 4) is 50.8 Å². The topological polar surface area (TPSA) is 64.3 Å². The van der Waals surface area contributed by atoms with Gasteiger partial charge in [0.2, 0.25) is 5.69 Å². The van der Waals surface area contributed by atoms with Crippen molar-refractivity contribution in [2.45, 2.75) is 0 Å². The summed E-state index contributed by atoms with van der Waals surface area (Å²) in [7, 11) is 0. The highest BCUT2D eigenvalue weighted by Gasteiger charge is 2.30. The lowest BCUT2D eigenvalue weighted by Crippen LogP contribution is -2.07. The molecule has 0 N–H and O–H groups in total. The minimum Gasteiger partial charge on any atom is -0.456 e. The Hall–Kier alpha value is -10.7. The average Bonchev–Trinajstić information content (AvgIpc) is 2.67. The molecule has 0 spiro atoms. The summed E-state index contributed by atoms with van der Waals surface area (Å²) in [5.41, 5.74) is 15.2. The maximum Gasteiger partial charge on any atom is 0.212 e. The van der Waals surface area contributed by atoms with E-state index in [0.29, 0.717) is 22.6 Å². The molecule has 378 valence electrons. The van der Waals surface area contributed by atoms with E-state index in [1.165, 1.54) is 20.2 Å². The predicted octanol–water partition coefficient (Wildman–Crippen LogP) is 21.8. The smallest absolute Gasteiger partial charge is 0.212 e. The lowest BCUT2D eigenvalue weighted by molar-refractivity contribution is 0.668. The van der Waals surface area contributed by atoms with E-state index in [2.05, 4.69) is 202 Å². The van der Waals surface area contributed by atoms with Gasteiger partial charge in [0, 0.05) is 79.6 Å². The molecule has 6 aromatic heterocycles. The number of para-hydroxylation sites is 2. The molecular weight excluding hydrogens is 1040 g/mol. The second-order valence-electron chi connectivity index (χ2n) is 21.2. The number of aromatic nitrogens is 2. The minimum atomic E-state index is 0.372. The van der Waals surface area contributed by atoms with Crippen LogP contribution in [0.5, 0.6) is 0 Å². The standard InChI is InChI=1S/C74H38N4O2S2/c1-76-57-37-44(40-75)69(77-58-38-42(45-21-13-25-62-67(45)55-19-5-9-23-60(55)79-62)29-31-47(58)51-33-35-53-49-17-7-11-27-64(49)81-73(53)70(51)77)66(41-15-3-2-4-16-41)72(57)78-59-39-43(46-22-14-26-63-68(46)56-20-6-10-24-61(56)80-63)30-32-48(59)52-34-36-54-50-18-8-12-28-65(50)82-74(54)71(52)78/h2-39H. The van der Waals surface area contributed by atoms with Gasteiger partial charge in [-0.1, -0.05) is 176 Å². The molecule has 6 nitrogen and oxygen atoms in total. The molecule has 0 saturated heterocycles. The fourth-order valence-electron chi connectivity index (χ4n) is 13.5. The van der Waals surface area contributed by atoms with Crippen molar-refractivity contribution < 1.29 is 8.83 Å². The SMILES string of the molecule is [C-]#[N+]c1cc(C#N)c(-n2c3cc(-c4cccc5oc6ccccc6c45)ccc3c3ccc4c5ccccc5sc4c32)c(-c2ccccc2)c1-n1c2cc(-c3cccc4oc5ccccc5c34)ccc2c2ccc3c4ccccc4sc3c21. The minimum absolute atomic E-state index is 0.372. The molecule has 0 bridgehead atoms. The Bertz CT molecular complexity index is 5590. The first kappa shape index (κ1) is 45.2. The van der Waals surface area contributed by atoms with E-state index < -0.39 is 0 Å². The molecule has 0 atom stereocenters. The Morgan fingerprint density at radius 1 is 0.390 bits per heavy atom. The zero-order valence-electron chi connectivity index (χ0n) is 43.4. The maximum atomic E-state index is 11.9. The lowest BCUT2D eigenvalue weighted by Gasteiger charge is -2.23. The zero-order chi connectivity index (χ0) is 53.9. The number of fused-ring (bicyclic) bond motifs is 20. The highest BCUT2D eigenvalue weighted by Crippen LogP contribution is 2.53. The van der Waals surface area contributed by atoms with Crippen molar-refractivity contribution >= 4 is 156 Å². The average molecular weight is 1080 g/mol. The third-order valence-corrected chi connectivity index (χ3v) is 19.4. The highest BCUT2D eigenvalue weighted by molar-refractivity contribution is 7.27. The van der Waals surface area contributed by atoms with Gasteiger partial charge in [0.05, 0.1) is 55.0 Å². The molecule has 0 unspecified atom stereocenters. The lowest BCUT2D eigenvalue weighted by atomic mass is 9.95. The third-order valence-electron chi connectivity index (χ3n) is 17.0. The van der Waals surface area contributed by atoms with E-state index in [1.807, 2.05) is 48.5 Å². The van der Waals surface area contributed by atoms with Gasteiger partial charge in [0.15, 0.2) is 0 Å². The number of hydrogen-bond acceptors (Lipinski definition) is 5. The summed E-state index contributed by atoms with van der Waals surface area (Å²) in [6, 6.07) is 84.0. The summed E-state index contributed by atoms with van der Waals surface area (Å²) in [6.07, 6.45) is 0. The van der Waals surface area contributed by atoms with Crippen molar-refractivity contribution in [2.24, 2.45) is 0 Å². The fraction of sp³-hybridized carbons (Fsp3) is 0. The zero-order valence-corrected chi connectivity index (χ0v) is 45.0. The summed E-state index contributed by atoms with van der Waals surface area (Å²) in [5.74, 6) is 0. The van der Waals surface area contributed by atoms with Crippen LogP contribution in [-0.2, 0) is 0 Å². The fourth-order valence-corrected chi connectivity index (χ4v) is 16.0. The Morgan fingerprint density at radius 2 is 0.841 bits per heavy atom. The molecule has 82 heavy (non-hydrogen) atoms. The van der Waals surface area contributed by atoms with Gasteiger partial charge in [0.1, 0.15) is 28.4 Å². The maximum absolute atomic E-state index is 11.9. The molecular formula is C74H38N4O2S2. The molecule has 0 saturated carbocycles. The van der Waals surface area contributed by atoms with Crippen molar-refractivity contribution in [1.29, 1.82) is 5.26 Å². The van der Waals surface area contributed by atoms with Gasteiger partial charge in [-0.3, -0.25) is 0 Å². The summed E-state index contributed by atoms with van der Waals surface area (Å²) < 4.78 is 22.3. The van der Waals surface area contributed by atoms with Gasteiger partial charge in [-0.25, -0.2) is 4.85 Å². The molecule has 0 amide bonds. The van der Waals surface area contributed by atoms with Crippen LogP contribution < -0.4 is 0 Å². The second-order valence-corrected chi connectivity index (χ2v) is 23.3. The van der Waals surface area contributed by atoms with Crippen LogP contribution in [0.4, 0.5) is 5.69 Å². The van der Waals surface area contributed by atoms with Crippen LogP contribution in [0.3, 0.4) is 0 Å². The van der Waals surface area contributed by atoms with Crippen LogP contribution in [0.25, 0.3) is 177 Å². The molecule has 12 aromatic carbocycles. The second kappa shape index (κ2) is 16.9. The van der Waals surface area contributed by atoms with Gasteiger partial charge < -0.3 is 18.0 Å². The van der Waals surface area contributed by atoms with Crippen molar-refractivity contribution in [2.75, 3.05) is 0 Å². The Labute approximate surface area is 474 Å². The summed E-state index contributed by atoms with van der Waals surface area (Å²) in [5, 5.41) is 25.0. The van der Waals surface area contributed by atoms with Gasteiger partial charge in [0.25, 0.3) is 0 Å². The highest BCUT2D eigenvalue weighted by atomic mass is 32.1. The molecule has 0 radical (unpaired) electrons. The van der Waals surface area contributed by atoms with Gasteiger partial charge in [-0.2, -0.15) is 5.26 Å². The first-order valence-corrected chi connectivity index (χ1v) is 28.9. The molecule has 0 fully saturated rings. The molecule has 6 heterocycles. The van der Waals surface area contributed by atoms with E-state index in [9.17, 15) is 11.8 Å². The first-order valence-electron chi connectivity index (χ1n) is 27.2. The molecule has 0 aliphatic rings. The number of nitrogens with zero attached hydrogens (tertiary/aromatic N) is 4. The van der Waals surface area contributed by atoms with Crippen LogP contribution in [0.15, 0.2) is 239 Å². The van der Waals surface area contributed by atoms with Crippen LogP contribution in [0, 0.1) is 17.9 Å². The molecule has 0 aliphatic heterocycles. The van der Waals surface area contributed by atoms with E-state index in [0.717, 1.165) is 141 Å². The number of hydrogen-bond donors (Lipinski definition) is 0. The Kier molecular flexibility index (Phi) is 9.30. The normalized spacial score (nSPS) is 12.1. The monoisotopic (exact) mass is 1080 g/mol. The quantitative estimate of drug-likeness (QED) is 0.161. The van der Waals surface area contributed by atoms with Gasteiger partial charge in [-0.15, -0.1) is 22.7 Å². The van der Waals surface area contributed by atoms with Gasteiger partial charge in [-0.05, 0) is 82.4 Å². The van der Waals surface area contributed by atoms with Crippen LogP contribution in [0.1, 0.15) is 5.56 Å². The molecule has 8 heteroatoms. The largest absolute Gasteiger partial charge is 0.456 e. The van der Waals surface area contributed by atoms with Crippen molar-refractivity contribution in [3.05, 3.63) is 248 Å². The number of rotatable bonds is 5. The van der Waals surface area contributed by atoms with Crippen LogP contribution in [0.2, 0.25) is 0 Å². The number of thiophene rings is 2. The van der Waals surface area contributed by atoms with Crippen molar-refractivity contribution in [3.63, 3.8) is 0 Å². The molecule has 18 aromatic rings. The Morgan fingerprint density at radius 3 is 1.37 bits per heavy atom. The summed E-state index contributed by atoms with van der Waals surface area (Å²) >= 11 is 3.56. The van der Waals surface area contributed by atoms with E-state index >= 15 is 0 Å². The molecule has 0 aliphatic carbocycles. The van der Waals surface area contributed by atoms with E-state index in [1.54, 1.807) is 22.7 Å². The molecule has 18 rings (SSSR count). The number of nitriles is 1. The number of benzene rings is 12.